The summed E-state index contributed by atoms with van der Waals surface area (Å²) in [5, 5.41) is 3.47. The molecule has 1 aromatic carbocycles. The van der Waals surface area contributed by atoms with Crippen LogP contribution in [-0.4, -0.2) is 40.2 Å². The molecule has 0 amide bonds. The van der Waals surface area contributed by atoms with Crippen molar-refractivity contribution < 1.29 is 14.2 Å². The highest BCUT2D eigenvalue weighted by molar-refractivity contribution is 5.29. The summed E-state index contributed by atoms with van der Waals surface area (Å²) in [5.74, 6) is 0.873. The fourth-order valence-electron chi connectivity index (χ4n) is 2.07. The molecular weight excluding hydrogens is 242 g/mol. The molecule has 1 atom stereocenters. The van der Waals surface area contributed by atoms with E-state index in [1.54, 1.807) is 21.3 Å². The zero-order valence-corrected chi connectivity index (χ0v) is 12.3. The maximum atomic E-state index is 5.37. The Hall–Kier alpha value is -1.10. The van der Waals surface area contributed by atoms with Crippen LogP contribution in [0.4, 0.5) is 0 Å². The highest BCUT2D eigenvalue weighted by Gasteiger charge is 2.20. The normalized spacial score (nSPS) is 12.7. The Morgan fingerprint density at radius 2 is 1.89 bits per heavy atom. The quantitative estimate of drug-likeness (QED) is 0.696. The van der Waals surface area contributed by atoms with Gasteiger partial charge in [-0.25, -0.2) is 0 Å². The average Bonchev–Trinajstić information content (AvgIpc) is 2.46. The summed E-state index contributed by atoms with van der Waals surface area (Å²) in [7, 11) is 5.01. The van der Waals surface area contributed by atoms with Crippen LogP contribution in [0.15, 0.2) is 24.3 Å². The average molecular weight is 267 g/mol. The van der Waals surface area contributed by atoms with Crippen molar-refractivity contribution in [1.82, 2.24) is 5.32 Å². The van der Waals surface area contributed by atoms with Crippen molar-refractivity contribution in [1.29, 1.82) is 0 Å². The third-order valence-corrected chi connectivity index (χ3v) is 3.04. The topological polar surface area (TPSA) is 39.7 Å². The summed E-state index contributed by atoms with van der Waals surface area (Å²) in [6.07, 6.45) is 1.66. The Balaban J connectivity index is 2.74. The van der Waals surface area contributed by atoms with E-state index in [0.29, 0.717) is 0 Å². The van der Waals surface area contributed by atoms with Gasteiger partial charge in [-0.2, -0.15) is 0 Å². The van der Waals surface area contributed by atoms with E-state index in [1.165, 1.54) is 5.56 Å². The number of hydrogen-bond acceptors (Lipinski definition) is 4. The molecule has 4 nitrogen and oxygen atoms in total. The second kappa shape index (κ2) is 8.91. The van der Waals surface area contributed by atoms with Gasteiger partial charge in [-0.1, -0.05) is 19.1 Å². The van der Waals surface area contributed by atoms with Gasteiger partial charge >= 0.3 is 0 Å². The predicted molar refractivity (Wildman–Crippen MR) is 76.6 cm³/mol. The third kappa shape index (κ3) is 5.19. The molecule has 0 fully saturated rings. The number of rotatable bonds is 9. The van der Waals surface area contributed by atoms with Crippen LogP contribution in [0.1, 0.15) is 18.9 Å². The second-order valence-electron chi connectivity index (χ2n) is 4.46. The molecule has 1 unspecified atom stereocenters. The van der Waals surface area contributed by atoms with Gasteiger partial charge in [0.2, 0.25) is 0 Å². The van der Waals surface area contributed by atoms with E-state index in [0.717, 1.165) is 25.1 Å². The molecule has 1 rings (SSSR count). The van der Waals surface area contributed by atoms with Crippen LogP contribution in [0, 0.1) is 0 Å². The van der Waals surface area contributed by atoms with E-state index in [9.17, 15) is 0 Å². The molecule has 1 aromatic rings. The third-order valence-electron chi connectivity index (χ3n) is 3.04. The van der Waals surface area contributed by atoms with Crippen molar-refractivity contribution in [2.24, 2.45) is 0 Å². The van der Waals surface area contributed by atoms with Crippen molar-refractivity contribution in [2.75, 3.05) is 27.9 Å². The summed E-state index contributed by atoms with van der Waals surface area (Å²) in [6.45, 7) is 3.09. The Labute approximate surface area is 116 Å². The molecule has 0 saturated heterocycles. The monoisotopic (exact) mass is 267 g/mol. The van der Waals surface area contributed by atoms with E-state index in [2.05, 4.69) is 18.3 Å². The van der Waals surface area contributed by atoms with Crippen molar-refractivity contribution >= 4 is 0 Å². The Bertz CT molecular complexity index is 353. The summed E-state index contributed by atoms with van der Waals surface area (Å²) < 4.78 is 16.0. The van der Waals surface area contributed by atoms with Crippen LogP contribution in [-0.2, 0) is 15.9 Å². The summed E-state index contributed by atoms with van der Waals surface area (Å²) in [5.41, 5.74) is 1.20. The number of ether oxygens (including phenoxy) is 3. The molecule has 0 aliphatic heterocycles. The van der Waals surface area contributed by atoms with Gasteiger partial charge in [0.1, 0.15) is 5.75 Å². The Morgan fingerprint density at radius 1 is 1.16 bits per heavy atom. The molecule has 108 valence electrons. The first kappa shape index (κ1) is 16.0. The fraction of sp³-hybridized carbons (Fsp3) is 0.600. The zero-order chi connectivity index (χ0) is 14.1. The van der Waals surface area contributed by atoms with Crippen LogP contribution in [0.3, 0.4) is 0 Å². The highest BCUT2D eigenvalue weighted by atomic mass is 16.7. The molecule has 0 bridgehead atoms. The lowest BCUT2D eigenvalue weighted by atomic mass is 10.0. The maximum Gasteiger partial charge on any atom is 0.172 e. The Kier molecular flexibility index (Phi) is 7.48. The van der Waals surface area contributed by atoms with Crippen LogP contribution >= 0.6 is 0 Å². The highest BCUT2D eigenvalue weighted by Crippen LogP contribution is 2.15. The van der Waals surface area contributed by atoms with E-state index in [1.807, 2.05) is 18.2 Å². The molecule has 0 spiro atoms. The molecule has 0 aromatic heterocycles. The molecule has 0 aliphatic rings. The smallest absolute Gasteiger partial charge is 0.172 e. The first-order valence-corrected chi connectivity index (χ1v) is 6.67. The standard InChI is InChI=1S/C15H25NO3/c1-5-9-16-14(15(18-3)19-4)11-12-7-6-8-13(10-12)17-2/h6-8,10,14-16H,5,9,11H2,1-4H3. The molecule has 0 saturated carbocycles. The van der Waals surface area contributed by atoms with Crippen LogP contribution in [0.5, 0.6) is 5.75 Å². The molecule has 4 heteroatoms. The first-order valence-electron chi connectivity index (χ1n) is 6.67. The van der Waals surface area contributed by atoms with Crippen molar-refractivity contribution in [3.63, 3.8) is 0 Å². The van der Waals surface area contributed by atoms with Gasteiger partial charge in [-0.05, 0) is 37.1 Å². The Morgan fingerprint density at radius 3 is 2.47 bits per heavy atom. The lowest BCUT2D eigenvalue weighted by molar-refractivity contribution is -0.122. The van der Waals surface area contributed by atoms with E-state index < -0.39 is 0 Å². The van der Waals surface area contributed by atoms with Crippen LogP contribution in [0.2, 0.25) is 0 Å². The van der Waals surface area contributed by atoms with Gasteiger partial charge in [0.15, 0.2) is 6.29 Å². The van der Waals surface area contributed by atoms with Gasteiger partial charge in [-0.3, -0.25) is 0 Å². The fourth-order valence-corrected chi connectivity index (χ4v) is 2.07. The van der Waals surface area contributed by atoms with Gasteiger partial charge in [0.05, 0.1) is 13.2 Å². The van der Waals surface area contributed by atoms with Gasteiger partial charge in [0, 0.05) is 14.2 Å². The van der Waals surface area contributed by atoms with Gasteiger partial charge in [0.25, 0.3) is 0 Å². The second-order valence-corrected chi connectivity index (χ2v) is 4.46. The minimum absolute atomic E-state index is 0.127. The predicted octanol–water partition coefficient (Wildman–Crippen LogP) is 2.22. The largest absolute Gasteiger partial charge is 0.497 e. The lowest BCUT2D eigenvalue weighted by Gasteiger charge is -2.26. The van der Waals surface area contributed by atoms with Crippen LogP contribution in [0.25, 0.3) is 0 Å². The summed E-state index contributed by atoms with van der Waals surface area (Å²) >= 11 is 0. The van der Waals surface area contributed by atoms with Gasteiger partial charge < -0.3 is 19.5 Å². The lowest BCUT2D eigenvalue weighted by Crippen LogP contribution is -2.44. The molecule has 0 radical (unpaired) electrons. The number of benzene rings is 1. The minimum Gasteiger partial charge on any atom is -0.497 e. The summed E-state index contributed by atoms with van der Waals surface area (Å²) in [4.78, 5) is 0. The molecular formula is C15H25NO3. The van der Waals surface area contributed by atoms with Gasteiger partial charge in [-0.15, -0.1) is 0 Å². The van der Waals surface area contributed by atoms with E-state index in [-0.39, 0.29) is 12.3 Å². The van der Waals surface area contributed by atoms with Crippen LogP contribution < -0.4 is 10.1 Å². The number of nitrogens with one attached hydrogen (secondary N) is 1. The molecule has 0 aliphatic carbocycles. The zero-order valence-electron chi connectivity index (χ0n) is 12.3. The molecule has 0 heterocycles. The summed E-state index contributed by atoms with van der Waals surface area (Å²) in [6, 6.07) is 8.21. The number of methoxy groups -OCH3 is 3. The van der Waals surface area contributed by atoms with Crippen molar-refractivity contribution in [3.8, 4) is 5.75 Å². The van der Waals surface area contributed by atoms with E-state index >= 15 is 0 Å². The van der Waals surface area contributed by atoms with E-state index in [4.69, 9.17) is 14.2 Å². The minimum atomic E-state index is -0.252. The first-order chi connectivity index (χ1) is 9.24. The SMILES string of the molecule is CCCNC(Cc1cccc(OC)c1)C(OC)OC. The molecule has 19 heavy (non-hydrogen) atoms. The van der Waals surface area contributed by atoms with Crippen molar-refractivity contribution in [3.05, 3.63) is 29.8 Å². The van der Waals surface area contributed by atoms with Crippen molar-refractivity contribution in [2.45, 2.75) is 32.1 Å². The maximum absolute atomic E-state index is 5.37. The molecule has 1 N–H and O–H groups in total. The number of hydrogen-bond donors (Lipinski definition) is 1.